The Hall–Kier alpha value is -1.26. The van der Waals surface area contributed by atoms with Gasteiger partial charge in [-0.1, -0.05) is 0 Å². The smallest absolute Gasteiger partial charge is 0.410 e. The minimum atomic E-state index is -0.491. The molecule has 0 saturated carbocycles. The van der Waals surface area contributed by atoms with Crippen molar-refractivity contribution < 1.29 is 19.1 Å². The molecule has 0 unspecified atom stereocenters. The van der Waals surface area contributed by atoms with Crippen LogP contribution in [0.2, 0.25) is 0 Å². The Labute approximate surface area is 128 Å². The molecule has 1 aliphatic heterocycles. The molecule has 1 aliphatic rings. The average Bonchev–Trinajstić information content (AvgIpc) is 2.24. The second-order valence-electron chi connectivity index (χ2n) is 7.73. The minimum absolute atomic E-state index is 0.154. The third kappa shape index (κ3) is 7.34. The van der Waals surface area contributed by atoms with E-state index in [-0.39, 0.29) is 18.0 Å². The summed E-state index contributed by atoms with van der Waals surface area (Å²) in [6.07, 6.45) is 1.90. The molecule has 0 aliphatic carbocycles. The summed E-state index contributed by atoms with van der Waals surface area (Å²) in [6, 6.07) is 0. The zero-order chi connectivity index (χ0) is 16.3. The highest BCUT2D eigenvalue weighted by molar-refractivity contribution is 5.71. The van der Waals surface area contributed by atoms with E-state index in [4.69, 9.17) is 9.47 Å². The van der Waals surface area contributed by atoms with E-state index in [1.807, 2.05) is 41.5 Å². The normalized spacial score (nSPS) is 20.1. The van der Waals surface area contributed by atoms with Crippen LogP contribution in [0.3, 0.4) is 0 Å². The van der Waals surface area contributed by atoms with Gasteiger partial charge in [-0.05, 0) is 60.3 Å². The topological polar surface area (TPSA) is 55.8 Å². The van der Waals surface area contributed by atoms with E-state index in [1.54, 1.807) is 4.90 Å². The lowest BCUT2D eigenvalue weighted by Crippen LogP contribution is -2.43. The molecule has 0 bridgehead atoms. The number of nitrogens with zero attached hydrogens (tertiary/aromatic N) is 1. The maximum absolute atomic E-state index is 12.1. The highest BCUT2D eigenvalue weighted by Gasteiger charge is 2.29. The Balaban J connectivity index is 2.49. The first kappa shape index (κ1) is 17.8. The Morgan fingerprint density at radius 2 is 1.62 bits per heavy atom. The number of carbonyl (C=O) groups is 2. The van der Waals surface area contributed by atoms with Crippen LogP contribution in [0.5, 0.6) is 0 Å². The van der Waals surface area contributed by atoms with E-state index in [0.717, 1.165) is 12.8 Å². The SMILES string of the molecule is CC(C)(C)OC(=O)C[C@H]1CCCN(C(=O)OC(C)(C)C)C1. The van der Waals surface area contributed by atoms with Crippen LogP contribution >= 0.6 is 0 Å². The lowest BCUT2D eigenvalue weighted by atomic mass is 9.95. The summed E-state index contributed by atoms with van der Waals surface area (Å²) in [5, 5.41) is 0. The van der Waals surface area contributed by atoms with Gasteiger partial charge in [-0.3, -0.25) is 4.79 Å². The number of carbonyl (C=O) groups excluding carboxylic acids is 2. The molecule has 1 fully saturated rings. The summed E-state index contributed by atoms with van der Waals surface area (Å²) in [6.45, 7) is 12.4. The van der Waals surface area contributed by atoms with Crippen molar-refractivity contribution in [3.63, 3.8) is 0 Å². The summed E-state index contributed by atoms with van der Waals surface area (Å²) in [4.78, 5) is 25.6. The first-order valence-electron chi connectivity index (χ1n) is 7.66. The monoisotopic (exact) mass is 299 g/mol. The number of ether oxygens (including phenoxy) is 2. The summed E-state index contributed by atoms with van der Waals surface area (Å²) in [5.41, 5.74) is -0.953. The fourth-order valence-electron chi connectivity index (χ4n) is 2.34. The molecule has 0 spiro atoms. The van der Waals surface area contributed by atoms with Gasteiger partial charge in [0.1, 0.15) is 11.2 Å². The molecule has 0 aromatic carbocycles. The van der Waals surface area contributed by atoms with Crippen molar-refractivity contribution in [3.05, 3.63) is 0 Å². The molecule has 122 valence electrons. The van der Waals surface area contributed by atoms with Crippen molar-refractivity contribution >= 4 is 12.1 Å². The number of esters is 1. The summed E-state index contributed by atoms with van der Waals surface area (Å²) >= 11 is 0. The van der Waals surface area contributed by atoms with E-state index in [2.05, 4.69) is 0 Å². The highest BCUT2D eigenvalue weighted by atomic mass is 16.6. The van der Waals surface area contributed by atoms with Crippen LogP contribution in [0.15, 0.2) is 0 Å². The second kappa shape index (κ2) is 6.67. The largest absolute Gasteiger partial charge is 0.460 e. The summed E-state index contributed by atoms with van der Waals surface area (Å²) in [7, 11) is 0. The molecule has 21 heavy (non-hydrogen) atoms. The molecular formula is C16H29NO4. The number of hydrogen-bond acceptors (Lipinski definition) is 4. The van der Waals surface area contributed by atoms with Crippen molar-refractivity contribution in [2.45, 2.75) is 72.0 Å². The van der Waals surface area contributed by atoms with Crippen molar-refractivity contribution in [2.75, 3.05) is 13.1 Å². The van der Waals surface area contributed by atoms with Crippen LogP contribution in [0.25, 0.3) is 0 Å². The molecular weight excluding hydrogens is 270 g/mol. The predicted octanol–water partition coefficient (Wildman–Crippen LogP) is 3.37. The van der Waals surface area contributed by atoms with Crippen LogP contribution in [0.1, 0.15) is 60.8 Å². The van der Waals surface area contributed by atoms with E-state index in [9.17, 15) is 9.59 Å². The molecule has 5 nitrogen and oxygen atoms in total. The number of piperidine rings is 1. The number of likely N-dealkylation sites (tertiary alicyclic amines) is 1. The number of rotatable bonds is 2. The lowest BCUT2D eigenvalue weighted by molar-refractivity contribution is -0.156. The zero-order valence-electron chi connectivity index (χ0n) is 14.2. The minimum Gasteiger partial charge on any atom is -0.460 e. The van der Waals surface area contributed by atoms with Gasteiger partial charge in [0.25, 0.3) is 0 Å². The van der Waals surface area contributed by atoms with Crippen LogP contribution in [0.4, 0.5) is 4.79 Å². The Bertz CT molecular complexity index is 379. The maximum atomic E-state index is 12.1. The van der Waals surface area contributed by atoms with Gasteiger partial charge in [-0.2, -0.15) is 0 Å². The van der Waals surface area contributed by atoms with Crippen molar-refractivity contribution in [1.82, 2.24) is 4.90 Å². The Morgan fingerprint density at radius 3 is 2.14 bits per heavy atom. The van der Waals surface area contributed by atoms with E-state index < -0.39 is 11.2 Å². The van der Waals surface area contributed by atoms with Gasteiger partial charge in [0.2, 0.25) is 0 Å². The second-order valence-corrected chi connectivity index (χ2v) is 7.73. The molecule has 0 N–H and O–H groups in total. The van der Waals surface area contributed by atoms with Gasteiger partial charge in [-0.25, -0.2) is 4.79 Å². The van der Waals surface area contributed by atoms with Gasteiger partial charge in [0, 0.05) is 13.1 Å². The van der Waals surface area contributed by atoms with Gasteiger partial charge in [0.05, 0.1) is 6.42 Å². The van der Waals surface area contributed by atoms with E-state index >= 15 is 0 Å². The zero-order valence-corrected chi connectivity index (χ0v) is 14.2. The molecule has 1 atom stereocenters. The first-order valence-corrected chi connectivity index (χ1v) is 7.66. The number of amides is 1. The standard InChI is InChI=1S/C16H29NO4/c1-15(2,3)20-13(18)10-12-8-7-9-17(11-12)14(19)21-16(4,5)6/h12H,7-11H2,1-6H3/t12-/m1/s1. The van der Waals surface area contributed by atoms with Crippen LogP contribution in [-0.4, -0.2) is 41.3 Å². The quantitative estimate of drug-likeness (QED) is 0.734. The molecule has 0 aromatic heterocycles. The van der Waals surface area contributed by atoms with Crippen molar-refractivity contribution in [1.29, 1.82) is 0 Å². The van der Waals surface area contributed by atoms with Gasteiger partial charge < -0.3 is 14.4 Å². The van der Waals surface area contributed by atoms with E-state index in [1.165, 1.54) is 0 Å². The third-order valence-electron chi connectivity index (χ3n) is 3.05. The van der Waals surface area contributed by atoms with Gasteiger partial charge >= 0.3 is 12.1 Å². The molecule has 1 saturated heterocycles. The Morgan fingerprint density at radius 1 is 1.05 bits per heavy atom. The molecule has 5 heteroatoms. The summed E-state index contributed by atoms with van der Waals surface area (Å²) in [5.74, 6) is -0.0420. The Kier molecular flexibility index (Phi) is 5.65. The third-order valence-corrected chi connectivity index (χ3v) is 3.05. The van der Waals surface area contributed by atoms with Crippen LogP contribution in [0, 0.1) is 5.92 Å². The molecule has 1 amide bonds. The van der Waals surface area contributed by atoms with Gasteiger partial charge in [-0.15, -0.1) is 0 Å². The molecule has 1 rings (SSSR count). The fraction of sp³-hybridized carbons (Fsp3) is 0.875. The molecule has 0 aromatic rings. The maximum Gasteiger partial charge on any atom is 0.410 e. The van der Waals surface area contributed by atoms with Crippen molar-refractivity contribution in [2.24, 2.45) is 5.92 Å². The van der Waals surface area contributed by atoms with Crippen molar-refractivity contribution in [3.8, 4) is 0 Å². The first-order chi connectivity index (χ1) is 9.46. The van der Waals surface area contributed by atoms with Crippen LogP contribution in [-0.2, 0) is 14.3 Å². The average molecular weight is 299 g/mol. The highest BCUT2D eigenvalue weighted by Crippen LogP contribution is 2.23. The van der Waals surface area contributed by atoms with Crippen LogP contribution < -0.4 is 0 Å². The molecule has 0 radical (unpaired) electrons. The molecule has 1 heterocycles. The number of hydrogen-bond donors (Lipinski definition) is 0. The summed E-state index contributed by atoms with van der Waals surface area (Å²) < 4.78 is 10.7. The lowest BCUT2D eigenvalue weighted by Gasteiger charge is -2.34. The van der Waals surface area contributed by atoms with Gasteiger partial charge in [0.15, 0.2) is 0 Å². The predicted molar refractivity (Wildman–Crippen MR) is 81.0 cm³/mol. The van der Waals surface area contributed by atoms with E-state index in [0.29, 0.717) is 19.5 Å². The fourth-order valence-corrected chi connectivity index (χ4v) is 2.34.